The average molecular weight is 231 g/mol. The lowest BCUT2D eigenvalue weighted by Gasteiger charge is -2.25. The summed E-state index contributed by atoms with van der Waals surface area (Å²) in [5.41, 5.74) is 3.04. The Morgan fingerprint density at radius 2 is 2.18 bits per heavy atom. The van der Waals surface area contributed by atoms with Crippen LogP contribution in [0.5, 0.6) is 0 Å². The molecule has 92 valence electrons. The van der Waals surface area contributed by atoms with E-state index in [2.05, 4.69) is 36.2 Å². The minimum atomic E-state index is 0.633. The Hall–Kier alpha value is -1.28. The van der Waals surface area contributed by atoms with E-state index in [4.69, 9.17) is 4.74 Å². The molecule has 0 heterocycles. The molecular formula is C15H21NO. The molecule has 0 bridgehead atoms. The van der Waals surface area contributed by atoms with Crippen molar-refractivity contribution in [3.05, 3.63) is 48.2 Å². The molecule has 0 fully saturated rings. The summed E-state index contributed by atoms with van der Waals surface area (Å²) in [5, 5.41) is 3.61. The quantitative estimate of drug-likeness (QED) is 0.600. The Morgan fingerprint density at radius 1 is 1.35 bits per heavy atom. The second-order valence-corrected chi connectivity index (χ2v) is 4.55. The number of benzene rings is 1. The molecule has 1 aliphatic rings. The first-order valence-electron chi connectivity index (χ1n) is 6.43. The van der Waals surface area contributed by atoms with E-state index in [0.717, 1.165) is 19.6 Å². The number of hydrogen-bond donors (Lipinski definition) is 1. The Bertz CT molecular complexity index is 362. The topological polar surface area (TPSA) is 21.3 Å². The molecule has 2 heteroatoms. The summed E-state index contributed by atoms with van der Waals surface area (Å²) in [6, 6.07) is 9.42. The van der Waals surface area contributed by atoms with Crippen molar-refractivity contribution in [2.75, 3.05) is 13.2 Å². The highest BCUT2D eigenvalue weighted by atomic mass is 16.5. The zero-order valence-corrected chi connectivity index (χ0v) is 10.3. The fourth-order valence-electron chi connectivity index (χ4n) is 2.42. The molecule has 0 aromatic heterocycles. The van der Waals surface area contributed by atoms with Crippen LogP contribution < -0.4 is 5.32 Å². The zero-order chi connectivity index (χ0) is 11.9. The predicted octanol–water partition coefficient (Wildman–Crippen LogP) is 2.68. The van der Waals surface area contributed by atoms with Gasteiger partial charge in [-0.25, -0.2) is 0 Å². The van der Waals surface area contributed by atoms with E-state index < -0.39 is 0 Å². The molecule has 1 aliphatic carbocycles. The Morgan fingerprint density at radius 3 is 3.00 bits per heavy atom. The van der Waals surface area contributed by atoms with Gasteiger partial charge in [0.15, 0.2) is 0 Å². The van der Waals surface area contributed by atoms with Crippen LogP contribution in [0.3, 0.4) is 0 Å². The Kier molecular flexibility index (Phi) is 4.63. The first-order valence-corrected chi connectivity index (χ1v) is 6.43. The van der Waals surface area contributed by atoms with E-state index in [9.17, 15) is 0 Å². The van der Waals surface area contributed by atoms with Crippen molar-refractivity contribution in [3.8, 4) is 0 Å². The third kappa shape index (κ3) is 3.60. The fraction of sp³-hybridized carbons (Fsp3) is 0.467. The molecule has 0 spiro atoms. The highest BCUT2D eigenvalue weighted by molar-refractivity contribution is 5.30. The molecule has 0 amide bonds. The van der Waals surface area contributed by atoms with Gasteiger partial charge in [0.1, 0.15) is 0 Å². The van der Waals surface area contributed by atoms with Gasteiger partial charge in [0.25, 0.3) is 0 Å². The highest BCUT2D eigenvalue weighted by Crippen LogP contribution is 2.20. The normalized spacial score (nSPS) is 18.5. The molecule has 0 saturated carbocycles. The van der Waals surface area contributed by atoms with E-state index in [0.29, 0.717) is 6.04 Å². The smallest absolute Gasteiger partial charge is 0.0885 e. The summed E-state index contributed by atoms with van der Waals surface area (Å²) in [6.45, 7) is 5.32. The molecule has 0 aliphatic heterocycles. The summed E-state index contributed by atoms with van der Waals surface area (Å²) in [7, 11) is 0. The van der Waals surface area contributed by atoms with Gasteiger partial charge in [-0.15, -0.1) is 0 Å². The van der Waals surface area contributed by atoms with E-state index in [1.165, 1.54) is 36.7 Å². The standard InChI is InChI=1S/C15H21NO/c1-2-17-11-5-10-16-15-9-8-13-6-3-4-7-14(13)12-15/h2-4,6-7,15-16H,1,5,8-12H2. The number of ether oxygens (including phenoxy) is 1. The van der Waals surface area contributed by atoms with Crippen LogP contribution in [0.2, 0.25) is 0 Å². The first kappa shape index (κ1) is 12.2. The zero-order valence-electron chi connectivity index (χ0n) is 10.3. The van der Waals surface area contributed by atoms with E-state index in [1.54, 1.807) is 0 Å². The number of fused-ring (bicyclic) bond motifs is 1. The van der Waals surface area contributed by atoms with E-state index >= 15 is 0 Å². The van der Waals surface area contributed by atoms with Gasteiger partial charge in [-0.2, -0.15) is 0 Å². The van der Waals surface area contributed by atoms with E-state index in [-0.39, 0.29) is 0 Å². The minimum Gasteiger partial charge on any atom is -0.502 e. The third-order valence-corrected chi connectivity index (χ3v) is 3.34. The first-order chi connectivity index (χ1) is 8.40. The Balaban J connectivity index is 1.73. The second kappa shape index (κ2) is 6.45. The number of hydrogen-bond acceptors (Lipinski definition) is 2. The van der Waals surface area contributed by atoms with Crippen LogP contribution in [0.1, 0.15) is 24.0 Å². The third-order valence-electron chi connectivity index (χ3n) is 3.34. The molecular weight excluding hydrogens is 210 g/mol. The van der Waals surface area contributed by atoms with Gasteiger partial charge in [0.05, 0.1) is 12.9 Å². The summed E-state index contributed by atoms with van der Waals surface area (Å²) in [4.78, 5) is 0. The average Bonchev–Trinajstić information content (AvgIpc) is 2.38. The van der Waals surface area contributed by atoms with Crippen molar-refractivity contribution >= 4 is 0 Å². The number of nitrogens with one attached hydrogen (secondary N) is 1. The molecule has 0 saturated heterocycles. The van der Waals surface area contributed by atoms with Crippen molar-refractivity contribution in [1.82, 2.24) is 5.32 Å². The van der Waals surface area contributed by atoms with Crippen LogP contribution in [-0.2, 0) is 17.6 Å². The lowest BCUT2D eigenvalue weighted by molar-refractivity contribution is 0.242. The van der Waals surface area contributed by atoms with Gasteiger partial charge in [-0.05, 0) is 43.4 Å². The van der Waals surface area contributed by atoms with Gasteiger partial charge in [-0.3, -0.25) is 0 Å². The van der Waals surface area contributed by atoms with Crippen molar-refractivity contribution in [3.63, 3.8) is 0 Å². The maximum Gasteiger partial charge on any atom is 0.0885 e. The highest BCUT2D eigenvalue weighted by Gasteiger charge is 2.16. The summed E-state index contributed by atoms with van der Waals surface area (Å²) < 4.78 is 5.10. The van der Waals surface area contributed by atoms with Crippen LogP contribution in [-0.4, -0.2) is 19.2 Å². The van der Waals surface area contributed by atoms with Crippen LogP contribution >= 0.6 is 0 Å². The fourth-order valence-corrected chi connectivity index (χ4v) is 2.42. The van der Waals surface area contributed by atoms with Gasteiger partial charge in [0.2, 0.25) is 0 Å². The molecule has 0 radical (unpaired) electrons. The van der Waals surface area contributed by atoms with Crippen LogP contribution in [0.4, 0.5) is 0 Å². The molecule has 1 atom stereocenters. The molecule has 17 heavy (non-hydrogen) atoms. The molecule has 2 nitrogen and oxygen atoms in total. The molecule has 1 unspecified atom stereocenters. The van der Waals surface area contributed by atoms with Crippen molar-refractivity contribution in [1.29, 1.82) is 0 Å². The van der Waals surface area contributed by atoms with E-state index in [1.807, 2.05) is 0 Å². The molecule has 1 aromatic carbocycles. The maximum absolute atomic E-state index is 5.10. The summed E-state index contributed by atoms with van der Waals surface area (Å²) >= 11 is 0. The van der Waals surface area contributed by atoms with Crippen molar-refractivity contribution in [2.45, 2.75) is 31.7 Å². The Labute approximate surface area is 104 Å². The van der Waals surface area contributed by atoms with Gasteiger partial charge in [-0.1, -0.05) is 30.8 Å². The van der Waals surface area contributed by atoms with Crippen LogP contribution in [0.25, 0.3) is 0 Å². The lowest BCUT2D eigenvalue weighted by Crippen LogP contribution is -2.35. The SMILES string of the molecule is C=COCCCNC1CCc2ccccc2C1. The molecule has 1 N–H and O–H groups in total. The van der Waals surface area contributed by atoms with Gasteiger partial charge in [0, 0.05) is 6.04 Å². The predicted molar refractivity (Wildman–Crippen MR) is 71.0 cm³/mol. The monoisotopic (exact) mass is 231 g/mol. The number of aryl methyl sites for hydroxylation is 1. The van der Waals surface area contributed by atoms with Gasteiger partial charge < -0.3 is 10.1 Å². The molecule has 1 aromatic rings. The van der Waals surface area contributed by atoms with Crippen molar-refractivity contribution < 1.29 is 4.74 Å². The largest absolute Gasteiger partial charge is 0.502 e. The van der Waals surface area contributed by atoms with Crippen molar-refractivity contribution in [2.24, 2.45) is 0 Å². The lowest BCUT2D eigenvalue weighted by atomic mass is 9.88. The van der Waals surface area contributed by atoms with Gasteiger partial charge >= 0.3 is 0 Å². The molecule has 2 rings (SSSR count). The van der Waals surface area contributed by atoms with Crippen LogP contribution in [0, 0.1) is 0 Å². The minimum absolute atomic E-state index is 0.633. The second-order valence-electron chi connectivity index (χ2n) is 4.55. The summed E-state index contributed by atoms with van der Waals surface area (Å²) in [6.07, 6.45) is 6.18. The van der Waals surface area contributed by atoms with Crippen LogP contribution in [0.15, 0.2) is 37.1 Å². The maximum atomic E-state index is 5.10. The summed E-state index contributed by atoms with van der Waals surface area (Å²) in [5.74, 6) is 0. The number of rotatable bonds is 6.